The molecule has 4 rings (SSSR count). The summed E-state index contributed by atoms with van der Waals surface area (Å²) in [4.78, 5) is 29.0. The first kappa shape index (κ1) is 29.3. The van der Waals surface area contributed by atoms with Crippen molar-refractivity contribution in [2.75, 3.05) is 5.32 Å². The Labute approximate surface area is 236 Å². The number of pyridine rings is 1. The zero-order valence-corrected chi connectivity index (χ0v) is 21.8. The minimum absolute atomic E-state index is 0.0113. The van der Waals surface area contributed by atoms with Gasteiger partial charge in [0.15, 0.2) is 0 Å². The first-order valence-corrected chi connectivity index (χ1v) is 12.4. The molecule has 3 N–H and O–H groups in total. The second-order valence-electron chi connectivity index (χ2n) is 8.88. The molecule has 1 atom stereocenters. The fourth-order valence-electron chi connectivity index (χ4n) is 4.13. The standard InChI is InChI=1S/C29H22ClF4N3O4/c30-21-11-14-24(35-17-21)28(16-18-5-2-1-3-6-18,20-7-4-8-23(15-20)41-29(33,34)26(31)32)37-27(40)36-22-12-9-19(10-13-22)25(38)39/h1-15,17,26H,16H2,(H,38,39)(H2,36,37,40)/t28-/m1/s1. The molecule has 0 fully saturated rings. The molecule has 1 aromatic heterocycles. The largest absolute Gasteiger partial charge is 0.478 e. The maximum absolute atomic E-state index is 13.8. The van der Waals surface area contributed by atoms with Crippen LogP contribution in [0.4, 0.5) is 28.0 Å². The number of carbonyl (C=O) groups excluding carboxylic acids is 1. The second kappa shape index (κ2) is 12.3. The summed E-state index contributed by atoms with van der Waals surface area (Å²) in [6, 6.07) is 21.6. The van der Waals surface area contributed by atoms with Gasteiger partial charge in [-0.25, -0.2) is 9.59 Å². The molecule has 7 nitrogen and oxygen atoms in total. The molecular weight excluding hydrogens is 566 g/mol. The Balaban J connectivity index is 1.81. The summed E-state index contributed by atoms with van der Waals surface area (Å²) >= 11 is 6.07. The third-order valence-corrected chi connectivity index (χ3v) is 6.25. The number of hydrogen-bond acceptors (Lipinski definition) is 4. The quantitative estimate of drug-likeness (QED) is 0.174. The Hall–Kier alpha value is -4.64. The van der Waals surface area contributed by atoms with Gasteiger partial charge >= 0.3 is 24.5 Å². The van der Waals surface area contributed by atoms with Crippen molar-refractivity contribution >= 4 is 29.3 Å². The van der Waals surface area contributed by atoms with E-state index in [9.17, 15) is 27.2 Å². The van der Waals surface area contributed by atoms with Gasteiger partial charge in [-0.15, -0.1) is 0 Å². The molecule has 0 unspecified atom stereocenters. The van der Waals surface area contributed by atoms with Crippen molar-refractivity contribution in [2.45, 2.75) is 24.5 Å². The molecule has 212 valence electrons. The number of carboxylic acid groups (broad SMARTS) is 1. The van der Waals surface area contributed by atoms with Gasteiger partial charge in [0.2, 0.25) is 0 Å². The smallest absolute Gasteiger partial charge is 0.461 e. The van der Waals surface area contributed by atoms with Crippen molar-refractivity contribution in [1.29, 1.82) is 0 Å². The Morgan fingerprint density at radius 2 is 1.66 bits per heavy atom. The molecule has 2 amide bonds. The first-order valence-electron chi connectivity index (χ1n) is 12.0. The molecule has 0 aliphatic heterocycles. The molecule has 0 aliphatic rings. The number of carbonyl (C=O) groups is 2. The molecule has 0 spiro atoms. The lowest BCUT2D eigenvalue weighted by atomic mass is 9.80. The first-order chi connectivity index (χ1) is 19.5. The summed E-state index contributed by atoms with van der Waals surface area (Å²) in [5.41, 5.74) is -0.137. The molecule has 4 aromatic rings. The van der Waals surface area contributed by atoms with Crippen molar-refractivity contribution in [3.63, 3.8) is 0 Å². The molecule has 0 radical (unpaired) electrons. The van der Waals surface area contributed by atoms with E-state index in [4.69, 9.17) is 16.7 Å². The van der Waals surface area contributed by atoms with Gasteiger partial charge in [0, 0.05) is 18.3 Å². The molecule has 1 heterocycles. The third kappa shape index (κ3) is 7.12. The molecule has 0 saturated heterocycles. The normalized spacial score (nSPS) is 12.8. The Morgan fingerprint density at radius 1 is 0.951 bits per heavy atom. The summed E-state index contributed by atoms with van der Waals surface area (Å²) in [6.07, 6.45) is -7.45. The minimum Gasteiger partial charge on any atom is -0.478 e. The van der Waals surface area contributed by atoms with Gasteiger partial charge in [-0.05, 0) is 59.7 Å². The van der Waals surface area contributed by atoms with Crippen LogP contribution in [0.2, 0.25) is 5.02 Å². The number of benzene rings is 3. The predicted molar refractivity (Wildman–Crippen MR) is 144 cm³/mol. The van der Waals surface area contributed by atoms with Gasteiger partial charge in [0.1, 0.15) is 11.3 Å². The molecule has 0 saturated carbocycles. The molecule has 0 bridgehead atoms. The lowest BCUT2D eigenvalue weighted by Crippen LogP contribution is -2.50. The van der Waals surface area contributed by atoms with Gasteiger partial charge in [-0.3, -0.25) is 4.98 Å². The highest BCUT2D eigenvalue weighted by molar-refractivity contribution is 6.30. The van der Waals surface area contributed by atoms with E-state index in [2.05, 4.69) is 20.4 Å². The van der Waals surface area contributed by atoms with E-state index in [0.717, 1.165) is 12.1 Å². The molecule has 3 aromatic carbocycles. The second-order valence-corrected chi connectivity index (χ2v) is 9.32. The monoisotopic (exact) mass is 587 g/mol. The number of hydrogen-bond donors (Lipinski definition) is 3. The van der Waals surface area contributed by atoms with Crippen LogP contribution < -0.4 is 15.4 Å². The number of nitrogens with one attached hydrogen (secondary N) is 2. The van der Waals surface area contributed by atoms with Crippen LogP contribution in [0.5, 0.6) is 5.75 Å². The number of anilines is 1. The van der Waals surface area contributed by atoms with E-state index in [1.54, 1.807) is 30.3 Å². The zero-order chi connectivity index (χ0) is 29.6. The van der Waals surface area contributed by atoms with Gasteiger partial charge in [-0.2, -0.15) is 17.6 Å². The number of carboxylic acids is 1. The van der Waals surface area contributed by atoms with E-state index in [0.29, 0.717) is 10.6 Å². The van der Waals surface area contributed by atoms with E-state index in [1.165, 1.54) is 54.7 Å². The van der Waals surface area contributed by atoms with Gasteiger partial charge in [-0.1, -0.05) is 54.1 Å². The molecule has 12 heteroatoms. The number of alkyl halides is 4. The SMILES string of the molecule is O=C(Nc1ccc(C(=O)O)cc1)N[C@](Cc1ccccc1)(c1cccc(OC(F)(F)C(F)F)c1)c1ccc(Cl)cn1. The molecular formula is C29H22ClF4N3O4. The Morgan fingerprint density at radius 3 is 2.27 bits per heavy atom. The van der Waals surface area contributed by atoms with Crippen molar-refractivity contribution < 1.29 is 37.0 Å². The van der Waals surface area contributed by atoms with Gasteiger partial charge in [0.05, 0.1) is 16.3 Å². The lowest BCUT2D eigenvalue weighted by molar-refractivity contribution is -0.253. The van der Waals surface area contributed by atoms with Crippen LogP contribution >= 0.6 is 11.6 Å². The topological polar surface area (TPSA) is 101 Å². The van der Waals surface area contributed by atoms with E-state index < -0.39 is 35.8 Å². The highest BCUT2D eigenvalue weighted by Gasteiger charge is 2.44. The maximum Gasteiger partial charge on any atom is 0.461 e. The lowest BCUT2D eigenvalue weighted by Gasteiger charge is -2.35. The zero-order valence-electron chi connectivity index (χ0n) is 21.0. The van der Waals surface area contributed by atoms with Crippen LogP contribution in [0.15, 0.2) is 97.2 Å². The molecule has 41 heavy (non-hydrogen) atoms. The van der Waals surface area contributed by atoms with Crippen molar-refractivity contribution in [1.82, 2.24) is 10.3 Å². The number of nitrogens with zero attached hydrogens (tertiary/aromatic N) is 1. The fraction of sp³-hybridized carbons (Fsp3) is 0.138. The van der Waals surface area contributed by atoms with Crippen LogP contribution in [0.1, 0.15) is 27.2 Å². The van der Waals surface area contributed by atoms with Crippen molar-refractivity contribution in [2.24, 2.45) is 0 Å². The van der Waals surface area contributed by atoms with Crippen LogP contribution in [-0.4, -0.2) is 34.6 Å². The average Bonchev–Trinajstić information content (AvgIpc) is 2.93. The number of halogens is 5. The Kier molecular flexibility index (Phi) is 8.77. The average molecular weight is 588 g/mol. The number of aromatic carboxylic acids is 1. The van der Waals surface area contributed by atoms with Gasteiger partial charge in [0.25, 0.3) is 0 Å². The number of ether oxygens (including phenoxy) is 1. The van der Waals surface area contributed by atoms with Crippen molar-refractivity contribution in [3.8, 4) is 5.75 Å². The van der Waals surface area contributed by atoms with Gasteiger partial charge < -0.3 is 20.5 Å². The third-order valence-electron chi connectivity index (χ3n) is 6.03. The summed E-state index contributed by atoms with van der Waals surface area (Å²) in [7, 11) is 0. The highest BCUT2D eigenvalue weighted by atomic mass is 35.5. The van der Waals surface area contributed by atoms with Crippen LogP contribution in [0.25, 0.3) is 0 Å². The van der Waals surface area contributed by atoms with Crippen molar-refractivity contribution in [3.05, 3.63) is 125 Å². The number of aromatic nitrogens is 1. The minimum atomic E-state index is -4.76. The van der Waals surface area contributed by atoms with Crippen LogP contribution in [-0.2, 0) is 12.0 Å². The summed E-state index contributed by atoms with van der Waals surface area (Å²) < 4.78 is 57.7. The highest BCUT2D eigenvalue weighted by Crippen LogP contribution is 2.36. The fourth-order valence-corrected chi connectivity index (χ4v) is 4.24. The molecule has 0 aliphatic carbocycles. The number of amides is 2. The maximum atomic E-state index is 13.8. The Bertz CT molecular complexity index is 1510. The summed E-state index contributed by atoms with van der Waals surface area (Å²) in [6.45, 7) is 0. The predicted octanol–water partition coefficient (Wildman–Crippen LogP) is 6.98. The van der Waals surface area contributed by atoms with Crippen LogP contribution in [0, 0.1) is 0 Å². The number of rotatable bonds is 10. The summed E-state index contributed by atoms with van der Waals surface area (Å²) in [5.74, 6) is -1.71. The number of urea groups is 1. The summed E-state index contributed by atoms with van der Waals surface area (Å²) in [5, 5.41) is 14.9. The van der Waals surface area contributed by atoms with Crippen LogP contribution in [0.3, 0.4) is 0 Å². The van der Waals surface area contributed by atoms with E-state index >= 15 is 0 Å². The van der Waals surface area contributed by atoms with E-state index in [1.807, 2.05) is 0 Å². The van der Waals surface area contributed by atoms with E-state index in [-0.39, 0.29) is 28.9 Å².